The van der Waals surface area contributed by atoms with E-state index in [0.29, 0.717) is 12.0 Å². The van der Waals surface area contributed by atoms with Crippen LogP contribution in [-0.2, 0) is 0 Å². The van der Waals surface area contributed by atoms with Gasteiger partial charge in [-0.25, -0.2) is 9.55 Å². The van der Waals surface area contributed by atoms with Crippen LogP contribution in [0.15, 0.2) is 12.4 Å². The first-order valence-electron chi connectivity index (χ1n) is 22.3. The predicted molar refractivity (Wildman–Crippen MR) is 212 cm³/mol. The van der Waals surface area contributed by atoms with Gasteiger partial charge in [-0.1, -0.05) is 226 Å². The number of unbranched alkanes of at least 4 members (excludes halogenated alkanes) is 30. The van der Waals surface area contributed by atoms with Crippen LogP contribution in [0.2, 0.25) is 0 Å². The van der Waals surface area contributed by atoms with Gasteiger partial charge in [0.25, 0.3) is 5.82 Å². The molecular weight excluding hydrogens is 569 g/mol. The Kier molecular flexibility index (Phi) is 33.0. The summed E-state index contributed by atoms with van der Waals surface area (Å²) >= 11 is 0. The van der Waals surface area contributed by atoms with Crippen molar-refractivity contribution in [3.63, 3.8) is 0 Å². The first kappa shape index (κ1) is 44.2. The molecule has 0 amide bonds. The lowest BCUT2D eigenvalue weighted by molar-refractivity contribution is -0.727. The Morgan fingerprint density at radius 3 is 1.00 bits per heavy atom. The molecule has 0 aliphatic heterocycles. The molecule has 1 N–H and O–H groups in total. The summed E-state index contributed by atoms with van der Waals surface area (Å²) in [5, 5.41) is 0. The molecule has 1 heterocycles. The summed E-state index contributed by atoms with van der Waals surface area (Å²) in [5.74, 6) is 2.25. The highest BCUT2D eigenvalue weighted by Crippen LogP contribution is 2.27. The van der Waals surface area contributed by atoms with Crippen molar-refractivity contribution in [2.75, 3.05) is 0 Å². The smallest absolute Gasteiger partial charge is 0.247 e. The first-order valence-corrected chi connectivity index (χ1v) is 22.3. The second-order valence-electron chi connectivity index (χ2n) is 15.8. The fourth-order valence-electron chi connectivity index (χ4n) is 7.84. The molecule has 2 heteroatoms. The quantitative estimate of drug-likeness (QED) is 0.0539. The highest BCUT2D eigenvalue weighted by Gasteiger charge is 2.25. The number of H-pyrrole nitrogens is 1. The lowest BCUT2D eigenvalue weighted by atomic mass is 9.92. The van der Waals surface area contributed by atoms with Gasteiger partial charge in [-0.05, 0) is 32.6 Å². The van der Waals surface area contributed by atoms with Crippen molar-refractivity contribution in [3.05, 3.63) is 18.2 Å². The van der Waals surface area contributed by atoms with E-state index in [4.69, 9.17) is 0 Å². The van der Waals surface area contributed by atoms with Crippen molar-refractivity contribution in [1.82, 2.24) is 4.98 Å². The molecule has 1 aromatic rings. The highest BCUT2D eigenvalue weighted by atomic mass is 15.1. The molecule has 2 unspecified atom stereocenters. The molecule has 0 aliphatic rings. The fraction of sp³-hybridized carbons (Fsp3) is 0.933. The monoisotopic (exact) mass is 658 g/mol. The van der Waals surface area contributed by atoms with Crippen LogP contribution >= 0.6 is 0 Å². The number of nitrogens with one attached hydrogen (secondary N) is 1. The maximum atomic E-state index is 3.76. The van der Waals surface area contributed by atoms with Gasteiger partial charge in [0.05, 0.1) is 12.0 Å². The molecule has 2 nitrogen and oxygen atoms in total. The maximum absolute atomic E-state index is 3.76. The minimum atomic E-state index is 0.618. The van der Waals surface area contributed by atoms with Crippen LogP contribution in [0, 0.1) is 0 Å². The van der Waals surface area contributed by atoms with Crippen LogP contribution in [0.4, 0.5) is 0 Å². The van der Waals surface area contributed by atoms with Gasteiger partial charge < -0.3 is 0 Å². The van der Waals surface area contributed by atoms with Crippen LogP contribution in [0.1, 0.15) is 277 Å². The Labute approximate surface area is 297 Å². The Balaban J connectivity index is 2.31. The van der Waals surface area contributed by atoms with Crippen molar-refractivity contribution in [1.29, 1.82) is 0 Å². The van der Waals surface area contributed by atoms with Gasteiger partial charge in [-0.15, -0.1) is 0 Å². The molecule has 0 radical (unpaired) electrons. The van der Waals surface area contributed by atoms with E-state index in [-0.39, 0.29) is 0 Å². The van der Waals surface area contributed by atoms with E-state index in [9.17, 15) is 0 Å². The molecule has 0 spiro atoms. The van der Waals surface area contributed by atoms with Crippen molar-refractivity contribution in [2.24, 2.45) is 0 Å². The van der Waals surface area contributed by atoms with E-state index in [0.717, 1.165) is 0 Å². The Hall–Kier alpha value is -0.790. The summed E-state index contributed by atoms with van der Waals surface area (Å²) in [6.45, 7) is 9.43. The van der Waals surface area contributed by atoms with Gasteiger partial charge in [0.2, 0.25) is 0 Å². The summed E-state index contributed by atoms with van der Waals surface area (Å²) in [4.78, 5) is 3.76. The number of aromatic nitrogens is 2. The van der Waals surface area contributed by atoms with E-state index in [1.165, 1.54) is 237 Å². The lowest BCUT2D eigenvalue weighted by Gasteiger charge is -2.17. The Morgan fingerprint density at radius 2 is 0.681 bits per heavy atom. The molecule has 0 bridgehead atoms. The zero-order valence-electron chi connectivity index (χ0n) is 33.2. The summed E-state index contributed by atoms with van der Waals surface area (Å²) in [6, 6.07) is 0.618. The van der Waals surface area contributed by atoms with Gasteiger partial charge in [-0.2, -0.15) is 0 Å². The normalized spacial score (nSPS) is 13.0. The third-order valence-electron chi connectivity index (χ3n) is 11.1. The van der Waals surface area contributed by atoms with Gasteiger partial charge in [0.1, 0.15) is 12.4 Å². The third-order valence-corrected chi connectivity index (χ3v) is 11.1. The highest BCUT2D eigenvalue weighted by molar-refractivity contribution is 4.90. The van der Waals surface area contributed by atoms with Crippen molar-refractivity contribution in [2.45, 2.75) is 271 Å². The molecule has 1 rings (SSSR count). The van der Waals surface area contributed by atoms with E-state index >= 15 is 0 Å². The third kappa shape index (κ3) is 26.7. The van der Waals surface area contributed by atoms with Crippen LogP contribution in [-0.4, -0.2) is 4.98 Å². The molecule has 0 aromatic carbocycles. The van der Waals surface area contributed by atoms with Crippen molar-refractivity contribution < 1.29 is 4.57 Å². The average Bonchev–Trinajstić information content (AvgIpc) is 3.57. The molecule has 0 saturated heterocycles. The molecule has 0 fully saturated rings. The zero-order valence-corrected chi connectivity index (χ0v) is 33.2. The molecule has 1 aromatic heterocycles. The Morgan fingerprint density at radius 1 is 0.404 bits per heavy atom. The summed E-state index contributed by atoms with van der Waals surface area (Å²) in [7, 11) is 0. The second kappa shape index (κ2) is 35.1. The van der Waals surface area contributed by atoms with Gasteiger partial charge in [-0.3, -0.25) is 0 Å². The lowest BCUT2D eigenvalue weighted by Crippen LogP contribution is -2.41. The number of rotatable bonds is 38. The SMILES string of the molecule is CCCCCCCCCCCCCCCCCC(C)[n+]1cc[nH]c1C(CCCCCCCCC)CCCCCCCCCCCCC. The molecular formula is C45H89N2+. The van der Waals surface area contributed by atoms with E-state index < -0.39 is 0 Å². The van der Waals surface area contributed by atoms with Crippen LogP contribution in [0.3, 0.4) is 0 Å². The van der Waals surface area contributed by atoms with Gasteiger partial charge >= 0.3 is 0 Å². The molecule has 278 valence electrons. The average molecular weight is 658 g/mol. The topological polar surface area (TPSA) is 19.7 Å². The molecule has 0 saturated carbocycles. The zero-order chi connectivity index (χ0) is 33.9. The minimum absolute atomic E-state index is 0.618. The van der Waals surface area contributed by atoms with Crippen molar-refractivity contribution in [3.8, 4) is 0 Å². The number of hydrogen-bond acceptors (Lipinski definition) is 0. The Bertz CT molecular complexity index is 723. The second-order valence-corrected chi connectivity index (χ2v) is 15.8. The maximum Gasteiger partial charge on any atom is 0.257 e. The summed E-state index contributed by atoms with van der Waals surface area (Å²) in [6.07, 6.45) is 56.1. The van der Waals surface area contributed by atoms with Crippen LogP contribution in [0.5, 0.6) is 0 Å². The largest absolute Gasteiger partial charge is 0.257 e. The van der Waals surface area contributed by atoms with Gasteiger partial charge in [0.15, 0.2) is 0 Å². The summed E-state index contributed by atoms with van der Waals surface area (Å²) in [5.41, 5.74) is 0. The first-order chi connectivity index (χ1) is 23.2. The van der Waals surface area contributed by atoms with E-state index in [1.807, 2.05) is 0 Å². The number of hydrogen-bond donors (Lipinski definition) is 1. The summed E-state index contributed by atoms with van der Waals surface area (Å²) < 4.78 is 2.65. The molecule has 2 atom stereocenters. The van der Waals surface area contributed by atoms with Crippen LogP contribution in [0.25, 0.3) is 0 Å². The number of nitrogens with zero attached hydrogens (tertiary/aromatic N) is 1. The minimum Gasteiger partial charge on any atom is -0.247 e. The number of aromatic amines is 1. The van der Waals surface area contributed by atoms with Gasteiger partial charge in [0, 0.05) is 0 Å². The van der Waals surface area contributed by atoms with Crippen LogP contribution < -0.4 is 4.57 Å². The fourth-order valence-corrected chi connectivity index (χ4v) is 7.84. The standard InChI is InChI=1S/C45H88N2/c1-5-8-11-14-17-19-21-22-23-24-26-27-30-32-35-38-43(4)47-42-41-46-45(47)44(39-36-33-29-16-13-10-7-3)40-37-34-31-28-25-20-18-15-12-9-6-2/h41-44H,5-40H2,1-4H3/p+1. The van der Waals surface area contributed by atoms with Crippen molar-refractivity contribution >= 4 is 0 Å². The van der Waals surface area contributed by atoms with E-state index in [1.54, 1.807) is 0 Å². The van der Waals surface area contributed by atoms with E-state index in [2.05, 4.69) is 49.6 Å². The molecule has 47 heavy (non-hydrogen) atoms. The molecule has 0 aliphatic carbocycles. The predicted octanol–water partition coefficient (Wildman–Crippen LogP) is 16.1. The number of imidazole rings is 1.